The monoisotopic (exact) mass is 221 g/mol. The van der Waals surface area contributed by atoms with Gasteiger partial charge in [-0.05, 0) is 74.2 Å². The SMILES string of the molecule is CC(C)CNCC12CC3CC(CC(C3)C1)C2. The Morgan fingerprint density at radius 1 is 1.00 bits per heavy atom. The molecule has 1 heteroatoms. The lowest BCUT2D eigenvalue weighted by Gasteiger charge is -2.57. The zero-order chi connectivity index (χ0) is 11.2. The van der Waals surface area contributed by atoms with E-state index < -0.39 is 0 Å². The van der Waals surface area contributed by atoms with E-state index in [1.807, 2.05) is 0 Å². The molecule has 1 nitrogen and oxygen atoms in total. The van der Waals surface area contributed by atoms with Gasteiger partial charge in [0.15, 0.2) is 0 Å². The summed E-state index contributed by atoms with van der Waals surface area (Å²) < 4.78 is 0. The van der Waals surface area contributed by atoms with E-state index >= 15 is 0 Å². The Labute approximate surface area is 100 Å². The minimum absolute atomic E-state index is 0.726. The van der Waals surface area contributed by atoms with Gasteiger partial charge in [-0.3, -0.25) is 0 Å². The molecule has 92 valence electrons. The first-order valence-electron chi connectivity index (χ1n) is 7.36. The summed E-state index contributed by atoms with van der Waals surface area (Å²) in [5.41, 5.74) is 0.726. The fraction of sp³-hybridized carbons (Fsp3) is 1.00. The summed E-state index contributed by atoms with van der Waals surface area (Å²) >= 11 is 0. The van der Waals surface area contributed by atoms with Gasteiger partial charge in [0.2, 0.25) is 0 Å². The molecule has 0 amide bonds. The van der Waals surface area contributed by atoms with Crippen LogP contribution in [0.3, 0.4) is 0 Å². The summed E-state index contributed by atoms with van der Waals surface area (Å²) in [4.78, 5) is 0. The number of hydrogen-bond acceptors (Lipinski definition) is 1. The minimum atomic E-state index is 0.726. The minimum Gasteiger partial charge on any atom is -0.316 e. The molecular formula is C15H27N. The molecule has 4 fully saturated rings. The molecule has 4 bridgehead atoms. The summed E-state index contributed by atoms with van der Waals surface area (Å²) in [5, 5.41) is 3.74. The van der Waals surface area contributed by atoms with Crippen molar-refractivity contribution in [3.63, 3.8) is 0 Å². The Bertz CT molecular complexity index is 221. The van der Waals surface area contributed by atoms with Gasteiger partial charge in [0.1, 0.15) is 0 Å². The van der Waals surface area contributed by atoms with Gasteiger partial charge in [-0.25, -0.2) is 0 Å². The molecule has 4 rings (SSSR count). The molecule has 0 aromatic heterocycles. The van der Waals surface area contributed by atoms with Crippen LogP contribution in [0.15, 0.2) is 0 Å². The first-order chi connectivity index (χ1) is 7.65. The average molecular weight is 221 g/mol. The van der Waals surface area contributed by atoms with E-state index in [1.165, 1.54) is 13.1 Å². The molecule has 0 aromatic rings. The second kappa shape index (κ2) is 4.01. The van der Waals surface area contributed by atoms with Crippen LogP contribution in [-0.4, -0.2) is 13.1 Å². The van der Waals surface area contributed by atoms with Crippen LogP contribution in [0.5, 0.6) is 0 Å². The predicted molar refractivity (Wildman–Crippen MR) is 68.3 cm³/mol. The van der Waals surface area contributed by atoms with E-state index in [0.29, 0.717) is 0 Å². The Morgan fingerprint density at radius 3 is 1.94 bits per heavy atom. The normalized spacial score (nSPS) is 45.6. The molecule has 4 aliphatic rings. The van der Waals surface area contributed by atoms with E-state index in [0.717, 1.165) is 29.1 Å². The van der Waals surface area contributed by atoms with Crippen LogP contribution in [0, 0.1) is 29.1 Å². The van der Waals surface area contributed by atoms with Crippen molar-refractivity contribution in [2.24, 2.45) is 29.1 Å². The van der Waals surface area contributed by atoms with Crippen molar-refractivity contribution < 1.29 is 0 Å². The molecule has 0 atom stereocenters. The first-order valence-corrected chi connectivity index (χ1v) is 7.36. The van der Waals surface area contributed by atoms with Crippen LogP contribution in [0.25, 0.3) is 0 Å². The van der Waals surface area contributed by atoms with Gasteiger partial charge < -0.3 is 5.32 Å². The van der Waals surface area contributed by atoms with Crippen molar-refractivity contribution in [3.8, 4) is 0 Å². The van der Waals surface area contributed by atoms with Crippen molar-refractivity contribution in [2.45, 2.75) is 52.4 Å². The second-order valence-corrected chi connectivity index (χ2v) is 7.44. The van der Waals surface area contributed by atoms with Crippen LogP contribution in [0.1, 0.15) is 52.4 Å². The van der Waals surface area contributed by atoms with Crippen LogP contribution in [-0.2, 0) is 0 Å². The van der Waals surface area contributed by atoms with Gasteiger partial charge in [0.25, 0.3) is 0 Å². The highest BCUT2D eigenvalue weighted by Crippen LogP contribution is 2.59. The molecule has 0 unspecified atom stereocenters. The van der Waals surface area contributed by atoms with E-state index in [4.69, 9.17) is 0 Å². The summed E-state index contributed by atoms with van der Waals surface area (Å²) in [6, 6.07) is 0. The highest BCUT2D eigenvalue weighted by molar-refractivity contribution is 5.02. The van der Waals surface area contributed by atoms with Crippen molar-refractivity contribution in [3.05, 3.63) is 0 Å². The predicted octanol–water partition coefficient (Wildman–Crippen LogP) is 3.45. The van der Waals surface area contributed by atoms with Crippen molar-refractivity contribution >= 4 is 0 Å². The third-order valence-corrected chi connectivity index (χ3v) is 5.22. The van der Waals surface area contributed by atoms with E-state index in [1.54, 1.807) is 38.5 Å². The molecule has 0 heterocycles. The zero-order valence-corrected chi connectivity index (χ0v) is 11.0. The van der Waals surface area contributed by atoms with Crippen LogP contribution < -0.4 is 5.32 Å². The quantitative estimate of drug-likeness (QED) is 0.766. The molecule has 0 saturated heterocycles. The Hall–Kier alpha value is -0.0400. The largest absolute Gasteiger partial charge is 0.316 e. The molecule has 4 saturated carbocycles. The first kappa shape index (κ1) is 11.1. The molecular weight excluding hydrogens is 194 g/mol. The summed E-state index contributed by atoms with van der Waals surface area (Å²) in [5.74, 6) is 4.11. The second-order valence-electron chi connectivity index (χ2n) is 7.44. The Kier molecular flexibility index (Phi) is 2.78. The molecule has 16 heavy (non-hydrogen) atoms. The molecule has 0 spiro atoms. The number of rotatable bonds is 4. The fourth-order valence-corrected chi connectivity index (χ4v) is 5.13. The third kappa shape index (κ3) is 2.03. The van der Waals surface area contributed by atoms with E-state index in [9.17, 15) is 0 Å². The number of hydrogen-bond donors (Lipinski definition) is 1. The molecule has 1 N–H and O–H groups in total. The van der Waals surface area contributed by atoms with Crippen molar-refractivity contribution in [1.29, 1.82) is 0 Å². The van der Waals surface area contributed by atoms with Gasteiger partial charge >= 0.3 is 0 Å². The lowest BCUT2D eigenvalue weighted by atomic mass is 9.49. The summed E-state index contributed by atoms with van der Waals surface area (Å²) in [6.07, 6.45) is 9.36. The van der Waals surface area contributed by atoms with E-state index in [-0.39, 0.29) is 0 Å². The topological polar surface area (TPSA) is 12.0 Å². The fourth-order valence-electron chi connectivity index (χ4n) is 5.13. The maximum atomic E-state index is 3.74. The summed E-state index contributed by atoms with van der Waals surface area (Å²) in [7, 11) is 0. The maximum absolute atomic E-state index is 3.74. The zero-order valence-electron chi connectivity index (χ0n) is 11.0. The Balaban J connectivity index is 1.60. The standard InChI is InChI=1S/C15H27N/c1-11(2)9-16-10-15-6-12-3-13(7-15)5-14(4-12)8-15/h11-14,16H,3-10H2,1-2H3. The van der Waals surface area contributed by atoms with Gasteiger partial charge in [0.05, 0.1) is 0 Å². The molecule has 4 aliphatic carbocycles. The molecule has 0 aliphatic heterocycles. The van der Waals surface area contributed by atoms with E-state index in [2.05, 4.69) is 19.2 Å². The van der Waals surface area contributed by atoms with Crippen LogP contribution >= 0.6 is 0 Å². The highest BCUT2D eigenvalue weighted by Gasteiger charge is 2.50. The highest BCUT2D eigenvalue weighted by atomic mass is 14.9. The maximum Gasteiger partial charge on any atom is 0.000822 e. The molecule has 0 aromatic carbocycles. The Morgan fingerprint density at radius 2 is 1.50 bits per heavy atom. The van der Waals surface area contributed by atoms with Gasteiger partial charge in [-0.1, -0.05) is 13.8 Å². The van der Waals surface area contributed by atoms with Gasteiger partial charge in [-0.15, -0.1) is 0 Å². The lowest BCUT2D eigenvalue weighted by molar-refractivity contribution is -0.0514. The number of nitrogens with one attached hydrogen (secondary N) is 1. The summed E-state index contributed by atoms with van der Waals surface area (Å²) in [6.45, 7) is 7.15. The van der Waals surface area contributed by atoms with Crippen LogP contribution in [0.4, 0.5) is 0 Å². The van der Waals surface area contributed by atoms with Crippen molar-refractivity contribution in [2.75, 3.05) is 13.1 Å². The van der Waals surface area contributed by atoms with Crippen molar-refractivity contribution in [1.82, 2.24) is 5.32 Å². The van der Waals surface area contributed by atoms with Gasteiger partial charge in [0, 0.05) is 6.54 Å². The van der Waals surface area contributed by atoms with Crippen LogP contribution in [0.2, 0.25) is 0 Å². The van der Waals surface area contributed by atoms with Gasteiger partial charge in [-0.2, -0.15) is 0 Å². The smallest absolute Gasteiger partial charge is 0.000822 e. The molecule has 0 radical (unpaired) electrons. The third-order valence-electron chi connectivity index (χ3n) is 5.22. The lowest BCUT2D eigenvalue weighted by Crippen LogP contribution is -2.50. The average Bonchev–Trinajstić information content (AvgIpc) is 2.13.